The number of nitrogens with two attached hydrogens (primary N) is 1. The molecule has 3 nitrogen and oxygen atoms in total. The van der Waals surface area contributed by atoms with Crippen molar-refractivity contribution in [3.8, 4) is 0 Å². The minimum atomic E-state index is 0.192. The first kappa shape index (κ1) is 14.6. The Hall–Kier alpha value is -1.00. The number of hydrogen-bond acceptors (Lipinski definition) is 3. The highest BCUT2D eigenvalue weighted by Crippen LogP contribution is 2.53. The monoisotopic (exact) mass is 316 g/mol. The van der Waals surface area contributed by atoms with Gasteiger partial charge in [-0.2, -0.15) is 0 Å². The molecule has 3 atom stereocenters. The number of carbonyl (C=O) groups excluding carboxylic acids is 1. The summed E-state index contributed by atoms with van der Waals surface area (Å²) >= 11 is 2.00. The average Bonchev–Trinajstić information content (AvgIpc) is 2.97. The van der Waals surface area contributed by atoms with Gasteiger partial charge in [-0.3, -0.25) is 4.79 Å². The van der Waals surface area contributed by atoms with E-state index in [0.717, 1.165) is 38.8 Å². The Balaban J connectivity index is 1.47. The molecule has 4 heteroatoms. The maximum Gasteiger partial charge on any atom is 0.226 e. The largest absolute Gasteiger partial charge is 0.341 e. The van der Waals surface area contributed by atoms with Crippen LogP contribution in [-0.4, -0.2) is 35.7 Å². The standard InChI is InChI=1S/C18H24N2OS/c19-13-6-8-20(11-13)18(21)16-10-15(16)14-7-9-22-17(14)12-4-2-1-3-5-12/h1-2,4,13,15-16H,3,5-11,19H2. The lowest BCUT2D eigenvalue weighted by Crippen LogP contribution is -2.33. The topological polar surface area (TPSA) is 46.3 Å². The number of thioether (sulfide) groups is 1. The molecular formula is C18H24N2OS. The van der Waals surface area contributed by atoms with E-state index >= 15 is 0 Å². The molecule has 2 fully saturated rings. The Morgan fingerprint density at radius 1 is 1.36 bits per heavy atom. The summed E-state index contributed by atoms with van der Waals surface area (Å²) in [5.41, 5.74) is 9.02. The smallest absolute Gasteiger partial charge is 0.226 e. The molecule has 1 amide bonds. The molecule has 2 aliphatic heterocycles. The average molecular weight is 316 g/mol. The molecule has 1 saturated carbocycles. The normalized spacial score (nSPS) is 34.3. The van der Waals surface area contributed by atoms with Crippen LogP contribution in [0.25, 0.3) is 0 Å². The molecule has 2 heterocycles. The minimum Gasteiger partial charge on any atom is -0.341 e. The third-order valence-corrected chi connectivity index (χ3v) is 6.53. The molecule has 0 aromatic heterocycles. The van der Waals surface area contributed by atoms with Crippen LogP contribution in [0.3, 0.4) is 0 Å². The molecule has 4 rings (SSSR count). The summed E-state index contributed by atoms with van der Waals surface area (Å²) in [4.78, 5) is 16.1. The van der Waals surface area contributed by atoms with Crippen molar-refractivity contribution in [3.63, 3.8) is 0 Å². The summed E-state index contributed by atoms with van der Waals surface area (Å²) in [6.07, 6.45) is 12.2. The van der Waals surface area contributed by atoms with E-state index in [1.54, 1.807) is 5.57 Å². The first-order chi connectivity index (χ1) is 10.7. The van der Waals surface area contributed by atoms with Gasteiger partial charge in [-0.05, 0) is 43.6 Å². The van der Waals surface area contributed by atoms with Crippen LogP contribution in [-0.2, 0) is 4.79 Å². The number of amides is 1. The molecule has 0 radical (unpaired) electrons. The van der Waals surface area contributed by atoms with E-state index in [-0.39, 0.29) is 12.0 Å². The highest BCUT2D eigenvalue weighted by atomic mass is 32.2. The molecule has 0 spiro atoms. The van der Waals surface area contributed by atoms with Crippen molar-refractivity contribution in [3.05, 3.63) is 34.3 Å². The van der Waals surface area contributed by atoms with Crippen LogP contribution in [0.15, 0.2) is 34.3 Å². The quantitative estimate of drug-likeness (QED) is 0.871. The minimum absolute atomic E-state index is 0.192. The zero-order valence-corrected chi connectivity index (χ0v) is 13.8. The van der Waals surface area contributed by atoms with Gasteiger partial charge in [-0.1, -0.05) is 23.8 Å². The van der Waals surface area contributed by atoms with Gasteiger partial charge in [0.15, 0.2) is 0 Å². The fourth-order valence-electron chi connectivity index (χ4n) is 3.99. The van der Waals surface area contributed by atoms with Gasteiger partial charge in [-0.15, -0.1) is 11.8 Å². The molecule has 4 aliphatic rings. The molecule has 0 bridgehead atoms. The highest BCUT2D eigenvalue weighted by molar-refractivity contribution is 8.03. The van der Waals surface area contributed by atoms with E-state index in [1.165, 1.54) is 22.7 Å². The second-order valence-electron chi connectivity index (χ2n) is 6.89. The van der Waals surface area contributed by atoms with E-state index in [9.17, 15) is 4.79 Å². The lowest BCUT2D eigenvalue weighted by atomic mass is 9.98. The number of nitrogens with zero attached hydrogens (tertiary/aromatic N) is 1. The van der Waals surface area contributed by atoms with Crippen LogP contribution in [0.2, 0.25) is 0 Å². The molecule has 2 N–H and O–H groups in total. The number of rotatable bonds is 3. The van der Waals surface area contributed by atoms with Crippen molar-refractivity contribution < 1.29 is 4.79 Å². The summed E-state index contributed by atoms with van der Waals surface area (Å²) in [5, 5.41) is 0. The molecule has 22 heavy (non-hydrogen) atoms. The fourth-order valence-corrected chi connectivity index (χ4v) is 5.31. The third-order valence-electron chi connectivity index (χ3n) is 5.31. The first-order valence-electron chi connectivity index (χ1n) is 8.50. The summed E-state index contributed by atoms with van der Waals surface area (Å²) in [6.45, 7) is 1.62. The van der Waals surface area contributed by atoms with Gasteiger partial charge >= 0.3 is 0 Å². The maximum absolute atomic E-state index is 12.6. The van der Waals surface area contributed by atoms with E-state index in [0.29, 0.717) is 11.8 Å². The Morgan fingerprint density at radius 2 is 2.27 bits per heavy atom. The second kappa shape index (κ2) is 5.89. The van der Waals surface area contributed by atoms with E-state index in [4.69, 9.17) is 5.73 Å². The summed E-state index contributed by atoms with van der Waals surface area (Å²) in [5.74, 6) is 2.31. The second-order valence-corrected chi connectivity index (χ2v) is 8.00. The van der Waals surface area contributed by atoms with Gasteiger partial charge in [0.25, 0.3) is 0 Å². The number of allylic oxidation sites excluding steroid dienone is 5. The van der Waals surface area contributed by atoms with Crippen molar-refractivity contribution >= 4 is 17.7 Å². The van der Waals surface area contributed by atoms with Crippen molar-refractivity contribution in [1.82, 2.24) is 4.90 Å². The molecule has 3 unspecified atom stereocenters. The molecule has 0 aromatic rings. The van der Waals surface area contributed by atoms with Crippen LogP contribution >= 0.6 is 11.8 Å². The summed E-state index contributed by atoms with van der Waals surface area (Å²) in [7, 11) is 0. The van der Waals surface area contributed by atoms with Crippen molar-refractivity contribution in [1.29, 1.82) is 0 Å². The first-order valence-corrected chi connectivity index (χ1v) is 9.49. The Morgan fingerprint density at radius 3 is 3.00 bits per heavy atom. The lowest BCUT2D eigenvalue weighted by molar-refractivity contribution is -0.131. The Bertz CT molecular complexity index is 578. The van der Waals surface area contributed by atoms with Crippen molar-refractivity contribution in [2.75, 3.05) is 18.8 Å². The molecule has 1 saturated heterocycles. The molecule has 2 aliphatic carbocycles. The van der Waals surface area contributed by atoms with Gasteiger partial charge in [0.1, 0.15) is 0 Å². The van der Waals surface area contributed by atoms with Gasteiger partial charge in [0.05, 0.1) is 0 Å². The third kappa shape index (κ3) is 2.67. The van der Waals surface area contributed by atoms with Crippen LogP contribution in [0.5, 0.6) is 0 Å². The van der Waals surface area contributed by atoms with E-state index < -0.39 is 0 Å². The van der Waals surface area contributed by atoms with Gasteiger partial charge < -0.3 is 10.6 Å². The Kier molecular flexibility index (Phi) is 3.91. The lowest BCUT2D eigenvalue weighted by Gasteiger charge is -2.16. The molecule has 0 aromatic carbocycles. The summed E-state index contributed by atoms with van der Waals surface area (Å²) < 4.78 is 0. The van der Waals surface area contributed by atoms with Crippen LogP contribution in [0.4, 0.5) is 0 Å². The predicted molar refractivity (Wildman–Crippen MR) is 91.3 cm³/mol. The SMILES string of the molecule is NC1CCN(C(=O)C2CC2C2=C(C3=CC=CCC3)SCC2)C1. The predicted octanol–water partition coefficient (Wildman–Crippen LogP) is 2.85. The summed E-state index contributed by atoms with van der Waals surface area (Å²) in [6, 6.07) is 0.192. The van der Waals surface area contributed by atoms with E-state index in [1.807, 2.05) is 16.7 Å². The maximum atomic E-state index is 12.6. The van der Waals surface area contributed by atoms with Crippen LogP contribution in [0.1, 0.15) is 32.1 Å². The molecule has 118 valence electrons. The van der Waals surface area contributed by atoms with Crippen LogP contribution in [0, 0.1) is 11.8 Å². The van der Waals surface area contributed by atoms with Crippen LogP contribution < -0.4 is 5.73 Å². The van der Waals surface area contributed by atoms with E-state index in [2.05, 4.69) is 18.2 Å². The van der Waals surface area contributed by atoms with Gasteiger partial charge in [0.2, 0.25) is 5.91 Å². The zero-order valence-electron chi connectivity index (χ0n) is 13.0. The van der Waals surface area contributed by atoms with Crippen molar-refractivity contribution in [2.45, 2.75) is 38.1 Å². The Labute approximate surface area is 136 Å². The molecular weight excluding hydrogens is 292 g/mol. The number of likely N-dealkylation sites (tertiary alicyclic amines) is 1. The number of carbonyl (C=O) groups is 1. The van der Waals surface area contributed by atoms with Crippen molar-refractivity contribution in [2.24, 2.45) is 17.6 Å². The number of hydrogen-bond donors (Lipinski definition) is 1. The fraction of sp³-hybridized carbons (Fsp3) is 0.611. The van der Waals surface area contributed by atoms with Gasteiger partial charge in [-0.25, -0.2) is 0 Å². The highest BCUT2D eigenvalue weighted by Gasteiger charge is 2.49. The van der Waals surface area contributed by atoms with Gasteiger partial charge in [0, 0.05) is 35.7 Å². The zero-order chi connectivity index (χ0) is 15.1.